The van der Waals surface area contributed by atoms with Crippen LogP contribution in [0.25, 0.3) is 22.2 Å². The molecular weight excluding hydrogens is 737 g/mol. The highest BCUT2D eigenvalue weighted by Crippen LogP contribution is 2.34. The van der Waals surface area contributed by atoms with Gasteiger partial charge in [-0.1, -0.05) is 30.3 Å². The van der Waals surface area contributed by atoms with Gasteiger partial charge in [0.15, 0.2) is 0 Å². The molecule has 0 unspecified atom stereocenters. The molecule has 2 saturated carbocycles. The smallest absolute Gasteiger partial charge is 0.407 e. The minimum absolute atomic E-state index is 0.142. The standard InChI is InChI=1S/C44H58N8O6/c1-26-34(20-22-36(47-26)40(54)48-31-15-17-32(18-16-31)51(5)6)29-11-7-27(8-12-29)23-38(39(45)53)52(33-19-21-35-37(24-33)50-42(56)49-35)41(55)30-13-9-28(10-14-30)25-46-43(57)58-44(2,3)4/h7-8,11-12,19-22,24,28,30-32,38H,9-10,13-18,23,25H2,1-6H3,(H2,45,53)(H,46,57)(H,48,54)(H2,49,50,56)/t28?,30?,31?,32?,38-/m0/s1. The third kappa shape index (κ3) is 10.5. The number of imidazole rings is 1. The van der Waals surface area contributed by atoms with E-state index in [1.807, 2.05) is 58.0 Å². The normalized spacial score (nSPS) is 20.3. The number of carbonyl (C=O) groups excluding carboxylic acids is 4. The molecule has 2 fully saturated rings. The third-order valence-corrected chi connectivity index (χ3v) is 11.6. The average Bonchev–Trinajstić information content (AvgIpc) is 3.56. The second-order valence-corrected chi connectivity index (χ2v) is 17.2. The van der Waals surface area contributed by atoms with Gasteiger partial charge in [0, 0.05) is 47.9 Å². The van der Waals surface area contributed by atoms with Gasteiger partial charge in [0.25, 0.3) is 5.91 Å². The number of nitrogens with one attached hydrogen (secondary N) is 4. The van der Waals surface area contributed by atoms with Crippen molar-refractivity contribution in [3.8, 4) is 11.1 Å². The first-order chi connectivity index (χ1) is 27.5. The summed E-state index contributed by atoms with van der Waals surface area (Å²) in [6, 6.07) is 16.1. The number of nitrogens with zero attached hydrogens (tertiary/aromatic N) is 3. The fraction of sp³-hybridized carbons (Fsp3) is 0.500. The molecule has 0 radical (unpaired) electrons. The number of pyridine rings is 1. The van der Waals surface area contributed by atoms with Crippen LogP contribution >= 0.6 is 0 Å². The van der Waals surface area contributed by atoms with Crippen molar-refractivity contribution in [2.75, 3.05) is 25.5 Å². The van der Waals surface area contributed by atoms with Crippen molar-refractivity contribution in [2.45, 2.75) is 109 Å². The van der Waals surface area contributed by atoms with Gasteiger partial charge < -0.3 is 36.0 Å². The largest absolute Gasteiger partial charge is 0.444 e. The number of ether oxygens (including phenoxy) is 1. The zero-order valence-electron chi connectivity index (χ0n) is 34.5. The van der Waals surface area contributed by atoms with Gasteiger partial charge in [-0.3, -0.25) is 19.3 Å². The molecule has 2 heterocycles. The monoisotopic (exact) mass is 794 g/mol. The van der Waals surface area contributed by atoms with Crippen LogP contribution in [0.3, 0.4) is 0 Å². The van der Waals surface area contributed by atoms with Gasteiger partial charge in [-0.15, -0.1) is 0 Å². The molecule has 2 aromatic heterocycles. The number of rotatable bonds is 12. The van der Waals surface area contributed by atoms with E-state index in [9.17, 15) is 24.0 Å². The van der Waals surface area contributed by atoms with Crippen LogP contribution in [0.15, 0.2) is 59.4 Å². The zero-order valence-corrected chi connectivity index (χ0v) is 34.5. The highest BCUT2D eigenvalue weighted by atomic mass is 16.6. The lowest BCUT2D eigenvalue weighted by Crippen LogP contribution is -2.52. The number of H-pyrrole nitrogens is 2. The highest BCUT2D eigenvalue weighted by Gasteiger charge is 2.36. The number of aryl methyl sites for hydroxylation is 1. The molecule has 2 aromatic carbocycles. The molecule has 6 N–H and O–H groups in total. The minimum Gasteiger partial charge on any atom is -0.444 e. The number of alkyl carbamates (subject to hydrolysis) is 1. The predicted molar refractivity (Wildman–Crippen MR) is 224 cm³/mol. The number of aromatic nitrogens is 3. The van der Waals surface area contributed by atoms with Crippen LogP contribution in [0, 0.1) is 18.8 Å². The summed E-state index contributed by atoms with van der Waals surface area (Å²) in [6.45, 7) is 7.77. The first-order valence-corrected chi connectivity index (χ1v) is 20.4. The van der Waals surface area contributed by atoms with E-state index in [1.54, 1.807) is 24.3 Å². The summed E-state index contributed by atoms with van der Waals surface area (Å²) in [6.07, 6.45) is 6.26. The van der Waals surface area contributed by atoms with Crippen LogP contribution in [0.5, 0.6) is 0 Å². The Morgan fingerprint density at radius 2 is 1.57 bits per heavy atom. The summed E-state index contributed by atoms with van der Waals surface area (Å²) < 4.78 is 5.38. The number of anilines is 1. The number of amides is 4. The van der Waals surface area contributed by atoms with Crippen LogP contribution in [-0.2, 0) is 20.7 Å². The lowest BCUT2D eigenvalue weighted by Gasteiger charge is -2.36. The van der Waals surface area contributed by atoms with E-state index in [0.29, 0.717) is 60.7 Å². The topological polar surface area (TPSA) is 196 Å². The summed E-state index contributed by atoms with van der Waals surface area (Å²) in [4.78, 5) is 79.2. The SMILES string of the molecule is Cc1nc(C(=O)NC2CCC(N(C)C)CC2)ccc1-c1ccc(C[C@@H](C(N)=O)N(C(=O)C2CCC(CNC(=O)OC(C)(C)C)CC2)c2ccc3[nH]c(=O)[nH]c3c2)cc1. The Labute approximate surface area is 339 Å². The number of carbonyl (C=O) groups is 4. The second-order valence-electron chi connectivity index (χ2n) is 17.2. The van der Waals surface area contributed by atoms with E-state index in [4.69, 9.17) is 10.5 Å². The Morgan fingerprint density at radius 3 is 2.19 bits per heavy atom. The molecule has 58 heavy (non-hydrogen) atoms. The molecular formula is C44H58N8O6. The second kappa shape index (κ2) is 18.0. The maximum atomic E-state index is 14.5. The van der Waals surface area contributed by atoms with Crippen molar-refractivity contribution in [3.63, 3.8) is 0 Å². The molecule has 1 atom stereocenters. The van der Waals surface area contributed by atoms with E-state index in [2.05, 4.69) is 44.6 Å². The molecule has 0 aliphatic heterocycles. The number of fused-ring (bicyclic) bond motifs is 1. The molecule has 2 aliphatic carbocycles. The van der Waals surface area contributed by atoms with E-state index in [-0.39, 0.29) is 41.8 Å². The van der Waals surface area contributed by atoms with Crippen molar-refractivity contribution in [3.05, 3.63) is 82.0 Å². The Kier molecular flexibility index (Phi) is 13.0. The van der Waals surface area contributed by atoms with Crippen LogP contribution < -0.4 is 27.0 Å². The first kappa shape index (κ1) is 42.1. The third-order valence-electron chi connectivity index (χ3n) is 11.6. The first-order valence-electron chi connectivity index (χ1n) is 20.4. The molecule has 0 spiro atoms. The van der Waals surface area contributed by atoms with Gasteiger partial charge in [-0.05, 0) is 134 Å². The number of aromatic amines is 2. The molecule has 2 aliphatic rings. The molecule has 4 aromatic rings. The number of hydrogen-bond donors (Lipinski definition) is 5. The van der Waals surface area contributed by atoms with E-state index < -0.39 is 23.6 Å². The lowest BCUT2D eigenvalue weighted by molar-refractivity contribution is -0.127. The molecule has 4 amide bonds. The Hall–Kier alpha value is -5.50. The highest BCUT2D eigenvalue weighted by molar-refractivity contribution is 6.02. The van der Waals surface area contributed by atoms with Gasteiger partial charge in [-0.25, -0.2) is 14.6 Å². The van der Waals surface area contributed by atoms with E-state index >= 15 is 0 Å². The molecule has 0 bridgehead atoms. The molecule has 14 nitrogen and oxygen atoms in total. The van der Waals surface area contributed by atoms with Gasteiger partial charge in [-0.2, -0.15) is 0 Å². The Morgan fingerprint density at radius 1 is 0.897 bits per heavy atom. The van der Waals surface area contributed by atoms with Crippen molar-refractivity contribution in [2.24, 2.45) is 17.6 Å². The number of primary amides is 1. The van der Waals surface area contributed by atoms with Crippen molar-refractivity contribution in [1.29, 1.82) is 0 Å². The quantitative estimate of drug-likeness (QED) is 0.122. The van der Waals surface area contributed by atoms with E-state index in [0.717, 1.165) is 48.1 Å². The summed E-state index contributed by atoms with van der Waals surface area (Å²) >= 11 is 0. The minimum atomic E-state index is -1.02. The Balaban J connectivity index is 1.16. The van der Waals surface area contributed by atoms with E-state index in [1.165, 1.54) is 4.90 Å². The predicted octanol–water partition coefficient (Wildman–Crippen LogP) is 5.59. The maximum absolute atomic E-state index is 14.5. The summed E-state index contributed by atoms with van der Waals surface area (Å²) in [5, 5.41) is 6.02. The van der Waals surface area contributed by atoms with Crippen LogP contribution in [0.2, 0.25) is 0 Å². The number of nitrogens with two attached hydrogens (primary N) is 1. The molecule has 0 saturated heterocycles. The maximum Gasteiger partial charge on any atom is 0.407 e. The van der Waals surface area contributed by atoms with Crippen molar-refractivity contribution < 1.29 is 23.9 Å². The average molecular weight is 795 g/mol. The summed E-state index contributed by atoms with van der Waals surface area (Å²) in [5.74, 6) is -1.23. The Bertz CT molecular complexity index is 2150. The van der Waals surface area contributed by atoms with Crippen LogP contribution in [-0.4, -0.2) is 88.0 Å². The molecule has 14 heteroatoms. The molecule has 310 valence electrons. The van der Waals surface area contributed by atoms with Gasteiger partial charge >= 0.3 is 11.8 Å². The number of benzene rings is 2. The van der Waals surface area contributed by atoms with Crippen LogP contribution in [0.4, 0.5) is 10.5 Å². The van der Waals surface area contributed by atoms with Gasteiger partial charge in [0.05, 0.1) is 11.0 Å². The fourth-order valence-electron chi connectivity index (χ4n) is 8.33. The van der Waals surface area contributed by atoms with Crippen molar-refractivity contribution >= 4 is 40.5 Å². The summed E-state index contributed by atoms with van der Waals surface area (Å²) in [7, 11) is 4.20. The molecule has 6 rings (SSSR count). The lowest BCUT2D eigenvalue weighted by atomic mass is 9.81. The van der Waals surface area contributed by atoms with Crippen LogP contribution in [0.1, 0.15) is 93.9 Å². The number of hydrogen-bond acceptors (Lipinski definition) is 8. The van der Waals surface area contributed by atoms with Crippen molar-refractivity contribution in [1.82, 2.24) is 30.5 Å². The summed E-state index contributed by atoms with van der Waals surface area (Å²) in [5.41, 5.74) is 10.3. The fourth-order valence-corrected chi connectivity index (χ4v) is 8.33. The zero-order chi connectivity index (χ0) is 41.7. The van der Waals surface area contributed by atoms with Gasteiger partial charge in [0.1, 0.15) is 17.3 Å². The van der Waals surface area contributed by atoms with Gasteiger partial charge in [0.2, 0.25) is 11.8 Å².